The van der Waals surface area contributed by atoms with Crippen LogP contribution in [0.3, 0.4) is 0 Å². The molecule has 0 aliphatic heterocycles. The number of rotatable bonds is 3. The topological polar surface area (TPSA) is 82.3 Å². The first-order valence-electron chi connectivity index (χ1n) is 4.06. The molecular formula is C8H14N3NaO3PbS. The average molecular weight is 462 g/mol. The van der Waals surface area contributed by atoms with Gasteiger partial charge in [-0.2, -0.15) is 8.42 Å². The van der Waals surface area contributed by atoms with Crippen LogP contribution in [0.5, 0.6) is 0 Å². The van der Waals surface area contributed by atoms with Gasteiger partial charge >= 0.3 is 67.2 Å². The second-order valence-corrected chi connectivity index (χ2v) is 4.10. The molecule has 0 aliphatic rings. The van der Waals surface area contributed by atoms with Crippen molar-refractivity contribution in [3.63, 3.8) is 0 Å². The van der Waals surface area contributed by atoms with Crippen molar-refractivity contribution in [2.24, 2.45) is 9.63 Å². The Balaban J connectivity index is -0.000000750. The van der Waals surface area contributed by atoms with Crippen LogP contribution in [-0.4, -0.2) is 54.4 Å². The number of hydrogen-bond donors (Lipinski definition) is 1. The van der Waals surface area contributed by atoms with Gasteiger partial charge in [-0.25, -0.2) is 0 Å². The summed E-state index contributed by atoms with van der Waals surface area (Å²) in [5, 5.41) is 3.35. The van der Waals surface area contributed by atoms with Crippen LogP contribution in [0.4, 0.5) is 11.4 Å². The molecular weight excluding hydrogens is 448 g/mol. The van der Waals surface area contributed by atoms with Crippen molar-refractivity contribution in [1.82, 2.24) is 0 Å². The molecule has 0 saturated carbocycles. The minimum atomic E-state index is -4.40. The van der Waals surface area contributed by atoms with E-state index in [2.05, 4.69) is 9.63 Å². The fourth-order valence-corrected chi connectivity index (χ4v) is 1.11. The second kappa shape index (κ2) is 8.54. The zero-order valence-corrected chi connectivity index (χ0v) is 18.3. The summed E-state index contributed by atoms with van der Waals surface area (Å²) in [7, 11) is -0.634. The molecule has 0 fully saturated rings. The SMILES string of the molecule is CN(C)c1ccc(N=NS(=O)(=O)O)cc1.[H-].[Na+].[PbH2]. The first kappa shape index (κ1) is 19.8. The molecule has 1 aromatic rings. The molecule has 1 aromatic carbocycles. The number of nitrogens with zero attached hydrogens (tertiary/aromatic N) is 3. The van der Waals surface area contributed by atoms with Crippen LogP contribution in [0.2, 0.25) is 0 Å². The molecule has 0 spiro atoms. The van der Waals surface area contributed by atoms with Crippen LogP contribution in [0.1, 0.15) is 1.43 Å². The van der Waals surface area contributed by atoms with Crippen molar-refractivity contribution in [2.45, 2.75) is 0 Å². The zero-order chi connectivity index (χ0) is 11.5. The molecule has 9 heteroatoms. The van der Waals surface area contributed by atoms with Crippen LogP contribution in [0, 0.1) is 0 Å². The average Bonchev–Trinajstić information content (AvgIpc) is 2.14. The van der Waals surface area contributed by atoms with E-state index in [1.807, 2.05) is 19.0 Å². The van der Waals surface area contributed by atoms with Crippen molar-refractivity contribution in [1.29, 1.82) is 0 Å². The van der Waals surface area contributed by atoms with Crippen LogP contribution in [0.15, 0.2) is 33.9 Å². The summed E-state index contributed by atoms with van der Waals surface area (Å²) in [5.41, 5.74) is 1.32. The standard InChI is InChI=1S/C8H11N3O3S.Na.Pb.3H/c1-11(2)8-5-3-7(4-6-8)9-10-15(12,13)14;;;;;/h3-6H,1-2H3,(H,12,13,14);;;;;/q;+1;;;;-1. The predicted molar refractivity (Wildman–Crippen MR) is 66.5 cm³/mol. The summed E-state index contributed by atoms with van der Waals surface area (Å²) in [6.45, 7) is 0. The Bertz CT molecular complexity index is 467. The molecule has 0 saturated heterocycles. The van der Waals surface area contributed by atoms with Crippen molar-refractivity contribution < 1.29 is 44.0 Å². The Hall–Kier alpha value is 0.452. The van der Waals surface area contributed by atoms with E-state index in [1.54, 1.807) is 24.3 Å². The molecule has 1 rings (SSSR count). The van der Waals surface area contributed by atoms with Crippen molar-refractivity contribution >= 4 is 49.0 Å². The Morgan fingerprint density at radius 1 is 1.24 bits per heavy atom. The molecule has 0 bridgehead atoms. The van der Waals surface area contributed by atoms with E-state index in [4.69, 9.17) is 4.55 Å². The molecule has 1 N–H and O–H groups in total. The van der Waals surface area contributed by atoms with Gasteiger partial charge in [-0.1, -0.05) is 0 Å². The van der Waals surface area contributed by atoms with Gasteiger partial charge in [0.05, 0.1) is 5.69 Å². The monoisotopic (exact) mass is 463 g/mol. The molecule has 0 atom stereocenters. The van der Waals surface area contributed by atoms with Gasteiger partial charge in [0.15, 0.2) is 0 Å². The van der Waals surface area contributed by atoms with Crippen molar-refractivity contribution in [3.05, 3.63) is 24.3 Å². The summed E-state index contributed by atoms with van der Waals surface area (Å²) in [5.74, 6) is 0. The first-order valence-corrected chi connectivity index (χ1v) is 5.46. The molecule has 2 radical (unpaired) electrons. The second-order valence-electron chi connectivity index (χ2n) is 3.04. The van der Waals surface area contributed by atoms with E-state index < -0.39 is 10.3 Å². The van der Waals surface area contributed by atoms with E-state index in [9.17, 15) is 8.42 Å². The molecule has 0 heterocycles. The fourth-order valence-electron chi connectivity index (χ4n) is 0.916. The van der Waals surface area contributed by atoms with Gasteiger partial charge in [-0.05, 0) is 28.8 Å². The third-order valence-electron chi connectivity index (χ3n) is 1.63. The molecule has 6 nitrogen and oxygen atoms in total. The van der Waals surface area contributed by atoms with E-state index in [1.165, 1.54) is 0 Å². The third kappa shape index (κ3) is 8.21. The van der Waals surface area contributed by atoms with E-state index in [0.29, 0.717) is 5.69 Å². The van der Waals surface area contributed by atoms with Crippen LogP contribution in [0.25, 0.3) is 0 Å². The van der Waals surface area contributed by atoms with Crippen LogP contribution >= 0.6 is 0 Å². The molecule has 90 valence electrons. The molecule has 0 aliphatic carbocycles. The van der Waals surface area contributed by atoms with E-state index >= 15 is 0 Å². The Kier molecular flexibility index (Phi) is 9.93. The Morgan fingerprint density at radius 2 is 1.71 bits per heavy atom. The van der Waals surface area contributed by atoms with Crippen molar-refractivity contribution in [3.8, 4) is 0 Å². The van der Waals surface area contributed by atoms with Gasteiger partial charge in [0, 0.05) is 19.8 Å². The van der Waals surface area contributed by atoms with Gasteiger partial charge in [0.2, 0.25) is 0 Å². The summed E-state index contributed by atoms with van der Waals surface area (Å²) in [6.07, 6.45) is 0. The van der Waals surface area contributed by atoms with Gasteiger partial charge in [-0.15, -0.1) is 5.11 Å². The molecule has 0 unspecified atom stereocenters. The maximum absolute atomic E-state index is 10.3. The molecule has 17 heavy (non-hydrogen) atoms. The van der Waals surface area contributed by atoms with Gasteiger partial charge in [0.1, 0.15) is 0 Å². The summed E-state index contributed by atoms with van der Waals surface area (Å²) in [6, 6.07) is 6.73. The predicted octanol–water partition coefficient (Wildman–Crippen LogP) is -2.16. The number of hydrogen-bond acceptors (Lipinski definition) is 4. The van der Waals surface area contributed by atoms with Gasteiger partial charge in [0.25, 0.3) is 0 Å². The van der Waals surface area contributed by atoms with Gasteiger partial charge in [-0.3, -0.25) is 4.55 Å². The number of benzene rings is 1. The minimum absolute atomic E-state index is 0. The van der Waals surface area contributed by atoms with Crippen LogP contribution in [-0.2, 0) is 10.3 Å². The summed E-state index contributed by atoms with van der Waals surface area (Å²) < 4.78 is 31.6. The summed E-state index contributed by atoms with van der Waals surface area (Å²) in [4.78, 5) is 1.89. The number of anilines is 1. The van der Waals surface area contributed by atoms with Crippen LogP contribution < -0.4 is 34.5 Å². The van der Waals surface area contributed by atoms with E-state index in [0.717, 1.165) is 5.69 Å². The quantitative estimate of drug-likeness (QED) is 0.315. The normalized spacial score (nSPS) is 10.5. The molecule has 0 amide bonds. The fraction of sp³-hybridized carbons (Fsp3) is 0.250. The zero-order valence-electron chi connectivity index (χ0n) is 11.0. The molecule has 0 aromatic heterocycles. The van der Waals surface area contributed by atoms with Gasteiger partial charge < -0.3 is 6.33 Å². The Labute approximate surface area is 144 Å². The first-order chi connectivity index (χ1) is 6.88. The third-order valence-corrected chi connectivity index (χ3v) is 1.91. The van der Waals surface area contributed by atoms with E-state index in [-0.39, 0.29) is 58.3 Å². The van der Waals surface area contributed by atoms with Crippen molar-refractivity contribution in [2.75, 3.05) is 19.0 Å². The Morgan fingerprint density at radius 3 is 2.06 bits per heavy atom. The maximum atomic E-state index is 10.3. The summed E-state index contributed by atoms with van der Waals surface area (Å²) >= 11 is 0.